The number of allylic oxidation sites excluding steroid dienone is 1. The second-order valence-electron chi connectivity index (χ2n) is 2.84. The van der Waals surface area contributed by atoms with E-state index in [0.29, 0.717) is 12.8 Å². The molecule has 0 aliphatic rings. The molecule has 0 amide bonds. The lowest BCUT2D eigenvalue weighted by molar-refractivity contribution is 0.120. The summed E-state index contributed by atoms with van der Waals surface area (Å²) in [6.07, 6.45) is 6.41. The maximum absolute atomic E-state index is 9.55. The van der Waals surface area contributed by atoms with Crippen molar-refractivity contribution in [2.75, 3.05) is 0 Å². The standard InChI is InChI=1S/C10H18O2/c1-3-9(4-2)10(12)7-5-6-8-11/h3,6,8-12H,1,4-5,7H2,2H3/b8-6+. The third-order valence-corrected chi connectivity index (χ3v) is 2.00. The molecule has 2 nitrogen and oxygen atoms in total. The third kappa shape index (κ3) is 4.19. The Kier molecular flexibility index (Phi) is 6.48. The maximum Gasteiger partial charge on any atom is 0.0751 e. The first-order valence-electron chi connectivity index (χ1n) is 4.36. The van der Waals surface area contributed by atoms with Gasteiger partial charge in [-0.05, 0) is 19.3 Å². The van der Waals surface area contributed by atoms with Gasteiger partial charge in [0.2, 0.25) is 0 Å². The zero-order valence-corrected chi connectivity index (χ0v) is 7.61. The molecular weight excluding hydrogens is 152 g/mol. The van der Waals surface area contributed by atoms with Crippen LogP contribution in [0.4, 0.5) is 0 Å². The van der Waals surface area contributed by atoms with E-state index in [-0.39, 0.29) is 12.0 Å². The van der Waals surface area contributed by atoms with Crippen LogP contribution in [0.2, 0.25) is 0 Å². The second kappa shape index (κ2) is 6.92. The van der Waals surface area contributed by atoms with Crippen LogP contribution >= 0.6 is 0 Å². The molecule has 0 saturated carbocycles. The van der Waals surface area contributed by atoms with Gasteiger partial charge in [0.05, 0.1) is 12.4 Å². The lowest BCUT2D eigenvalue weighted by Gasteiger charge is -2.16. The highest BCUT2D eigenvalue weighted by atomic mass is 16.3. The summed E-state index contributed by atoms with van der Waals surface area (Å²) in [5.74, 6) is 0.178. The highest BCUT2D eigenvalue weighted by Crippen LogP contribution is 2.14. The predicted molar refractivity (Wildman–Crippen MR) is 51.0 cm³/mol. The van der Waals surface area contributed by atoms with E-state index < -0.39 is 0 Å². The normalized spacial score (nSPS) is 16.2. The van der Waals surface area contributed by atoms with Crippen LogP contribution in [0, 0.1) is 5.92 Å². The molecule has 2 atom stereocenters. The second-order valence-corrected chi connectivity index (χ2v) is 2.84. The molecule has 0 spiro atoms. The molecule has 12 heavy (non-hydrogen) atoms. The molecule has 0 aromatic rings. The molecule has 0 heterocycles. The summed E-state index contributed by atoms with van der Waals surface area (Å²) in [6, 6.07) is 0. The molecule has 0 radical (unpaired) electrons. The zero-order chi connectivity index (χ0) is 9.40. The Labute approximate surface area is 74.2 Å². The molecule has 0 rings (SSSR count). The molecule has 2 heteroatoms. The number of rotatable bonds is 6. The van der Waals surface area contributed by atoms with E-state index in [1.165, 1.54) is 0 Å². The van der Waals surface area contributed by atoms with Gasteiger partial charge in [-0.2, -0.15) is 0 Å². The van der Waals surface area contributed by atoms with Gasteiger partial charge in [0.25, 0.3) is 0 Å². The quantitative estimate of drug-likeness (QED) is 0.474. The van der Waals surface area contributed by atoms with Crippen molar-refractivity contribution in [3.63, 3.8) is 0 Å². The average molecular weight is 170 g/mol. The molecule has 0 aromatic heterocycles. The molecule has 0 aliphatic carbocycles. The first-order valence-corrected chi connectivity index (χ1v) is 4.36. The molecular formula is C10H18O2. The fraction of sp³-hybridized carbons (Fsp3) is 0.600. The summed E-state index contributed by atoms with van der Waals surface area (Å²) in [5, 5.41) is 17.9. The summed E-state index contributed by atoms with van der Waals surface area (Å²) >= 11 is 0. The Hall–Kier alpha value is -0.760. The number of hydrogen-bond acceptors (Lipinski definition) is 2. The Balaban J connectivity index is 3.67. The molecule has 0 saturated heterocycles. The Bertz CT molecular complexity index is 141. The highest BCUT2D eigenvalue weighted by Gasteiger charge is 2.12. The van der Waals surface area contributed by atoms with Crippen molar-refractivity contribution in [2.45, 2.75) is 32.3 Å². The van der Waals surface area contributed by atoms with Crippen LogP contribution in [0.1, 0.15) is 26.2 Å². The third-order valence-electron chi connectivity index (χ3n) is 2.00. The molecule has 2 N–H and O–H groups in total. The van der Waals surface area contributed by atoms with E-state index in [9.17, 15) is 5.11 Å². The summed E-state index contributed by atoms with van der Waals surface area (Å²) < 4.78 is 0. The van der Waals surface area contributed by atoms with Gasteiger partial charge in [0, 0.05) is 5.92 Å². The molecule has 0 bridgehead atoms. The Morgan fingerprint density at radius 3 is 2.58 bits per heavy atom. The van der Waals surface area contributed by atoms with Gasteiger partial charge >= 0.3 is 0 Å². The average Bonchev–Trinajstić information content (AvgIpc) is 2.07. The van der Waals surface area contributed by atoms with Crippen LogP contribution in [-0.2, 0) is 0 Å². The van der Waals surface area contributed by atoms with Gasteiger partial charge < -0.3 is 10.2 Å². The summed E-state index contributed by atoms with van der Waals surface area (Å²) in [7, 11) is 0. The van der Waals surface area contributed by atoms with Crippen molar-refractivity contribution in [3.8, 4) is 0 Å². The lowest BCUT2D eigenvalue weighted by atomic mass is 9.96. The first-order chi connectivity index (χ1) is 5.76. The van der Waals surface area contributed by atoms with Crippen LogP contribution in [0.3, 0.4) is 0 Å². The van der Waals surface area contributed by atoms with Crippen molar-refractivity contribution >= 4 is 0 Å². The summed E-state index contributed by atoms with van der Waals surface area (Å²) in [5.41, 5.74) is 0. The number of hydrogen-bond donors (Lipinski definition) is 2. The van der Waals surface area contributed by atoms with E-state index in [2.05, 4.69) is 6.58 Å². The lowest BCUT2D eigenvalue weighted by Crippen LogP contribution is -2.17. The van der Waals surface area contributed by atoms with E-state index in [1.54, 1.807) is 12.2 Å². The Morgan fingerprint density at radius 1 is 1.50 bits per heavy atom. The largest absolute Gasteiger partial charge is 0.516 e. The van der Waals surface area contributed by atoms with Crippen molar-refractivity contribution < 1.29 is 10.2 Å². The van der Waals surface area contributed by atoms with Crippen LogP contribution in [0.15, 0.2) is 25.0 Å². The first kappa shape index (κ1) is 11.2. The molecule has 0 aliphatic heterocycles. The topological polar surface area (TPSA) is 40.5 Å². The smallest absolute Gasteiger partial charge is 0.0751 e. The molecule has 70 valence electrons. The molecule has 0 aromatic carbocycles. The maximum atomic E-state index is 9.55. The van der Waals surface area contributed by atoms with Crippen LogP contribution in [-0.4, -0.2) is 16.3 Å². The number of aliphatic hydroxyl groups excluding tert-OH is 2. The van der Waals surface area contributed by atoms with Gasteiger partial charge in [0.1, 0.15) is 0 Å². The van der Waals surface area contributed by atoms with Crippen LogP contribution < -0.4 is 0 Å². The van der Waals surface area contributed by atoms with E-state index in [4.69, 9.17) is 5.11 Å². The predicted octanol–water partition coefficient (Wildman–Crippen LogP) is 2.41. The monoisotopic (exact) mass is 170 g/mol. The van der Waals surface area contributed by atoms with Gasteiger partial charge in [0.15, 0.2) is 0 Å². The van der Waals surface area contributed by atoms with Crippen molar-refractivity contribution in [2.24, 2.45) is 5.92 Å². The molecule has 0 fully saturated rings. The van der Waals surface area contributed by atoms with Crippen molar-refractivity contribution in [1.82, 2.24) is 0 Å². The van der Waals surface area contributed by atoms with Gasteiger partial charge in [-0.25, -0.2) is 0 Å². The minimum atomic E-state index is -0.330. The van der Waals surface area contributed by atoms with E-state index in [0.717, 1.165) is 12.7 Å². The van der Waals surface area contributed by atoms with E-state index in [1.807, 2.05) is 6.92 Å². The SMILES string of the molecule is C=CC(CC)C(O)CC/C=C/O. The van der Waals surface area contributed by atoms with Crippen molar-refractivity contribution in [1.29, 1.82) is 0 Å². The minimum Gasteiger partial charge on any atom is -0.516 e. The van der Waals surface area contributed by atoms with E-state index >= 15 is 0 Å². The van der Waals surface area contributed by atoms with Crippen LogP contribution in [0.5, 0.6) is 0 Å². The Morgan fingerprint density at radius 2 is 2.17 bits per heavy atom. The van der Waals surface area contributed by atoms with Gasteiger partial charge in [-0.3, -0.25) is 0 Å². The number of aliphatic hydroxyl groups is 2. The minimum absolute atomic E-state index is 0.178. The summed E-state index contributed by atoms with van der Waals surface area (Å²) in [6.45, 7) is 5.68. The van der Waals surface area contributed by atoms with Gasteiger partial charge in [-0.1, -0.05) is 19.1 Å². The fourth-order valence-electron chi connectivity index (χ4n) is 1.15. The summed E-state index contributed by atoms with van der Waals surface area (Å²) in [4.78, 5) is 0. The van der Waals surface area contributed by atoms with Crippen molar-refractivity contribution in [3.05, 3.63) is 25.0 Å². The highest BCUT2D eigenvalue weighted by molar-refractivity contribution is 4.85. The van der Waals surface area contributed by atoms with Gasteiger partial charge in [-0.15, -0.1) is 6.58 Å². The van der Waals surface area contributed by atoms with Crippen LogP contribution in [0.25, 0.3) is 0 Å². The fourth-order valence-corrected chi connectivity index (χ4v) is 1.15. The zero-order valence-electron chi connectivity index (χ0n) is 7.61. The molecule has 2 unspecified atom stereocenters.